The first kappa shape index (κ1) is 14.5. The van der Waals surface area contributed by atoms with E-state index in [0.717, 1.165) is 26.1 Å². The third kappa shape index (κ3) is 3.62. The Morgan fingerprint density at radius 2 is 2.09 bits per heavy atom. The number of nitrogens with two attached hydrogens (primary N) is 1. The van der Waals surface area contributed by atoms with E-state index >= 15 is 0 Å². The van der Waals surface area contributed by atoms with Gasteiger partial charge in [-0.05, 0) is 24.1 Å². The van der Waals surface area contributed by atoms with Crippen LogP contribution in [0.3, 0.4) is 0 Å². The fourth-order valence-corrected chi connectivity index (χ4v) is 2.73. The second-order valence-corrected chi connectivity index (χ2v) is 5.66. The number of benzene rings is 1. The molecule has 0 radical (unpaired) electrons. The number of rotatable bonds is 4. The minimum Gasteiger partial charge on any atom is -0.397 e. The van der Waals surface area contributed by atoms with E-state index in [-0.39, 0.29) is 11.9 Å². The number of amides is 1. The standard InChI is InChI=1S/C17H20N4O/c18-14-6-7-16(19-10-14)17(22)20-15-8-9-21(12-15)11-13-4-2-1-3-5-13/h1-7,10,15H,8-9,11-12,18H2,(H,20,22). The highest BCUT2D eigenvalue weighted by molar-refractivity contribution is 5.92. The Balaban J connectivity index is 1.52. The van der Waals surface area contributed by atoms with Gasteiger partial charge in [0.1, 0.15) is 5.69 Å². The quantitative estimate of drug-likeness (QED) is 0.900. The Labute approximate surface area is 130 Å². The summed E-state index contributed by atoms with van der Waals surface area (Å²) >= 11 is 0. The molecule has 0 saturated carbocycles. The Hall–Kier alpha value is -2.40. The Morgan fingerprint density at radius 3 is 2.82 bits per heavy atom. The van der Waals surface area contributed by atoms with Gasteiger partial charge in [0.25, 0.3) is 5.91 Å². The SMILES string of the molecule is Nc1ccc(C(=O)NC2CCN(Cc3ccccc3)C2)nc1. The summed E-state index contributed by atoms with van der Waals surface area (Å²) in [6.45, 7) is 2.79. The average Bonchev–Trinajstić information content (AvgIpc) is 2.96. The molecule has 2 aromatic rings. The number of aromatic nitrogens is 1. The van der Waals surface area contributed by atoms with E-state index in [2.05, 4.69) is 39.5 Å². The molecule has 1 fully saturated rings. The molecular formula is C17H20N4O. The lowest BCUT2D eigenvalue weighted by molar-refractivity contribution is 0.0932. The molecule has 1 saturated heterocycles. The second-order valence-electron chi connectivity index (χ2n) is 5.66. The minimum absolute atomic E-state index is 0.133. The van der Waals surface area contributed by atoms with Crippen LogP contribution in [-0.2, 0) is 6.54 Å². The highest BCUT2D eigenvalue weighted by atomic mass is 16.1. The van der Waals surface area contributed by atoms with Crippen LogP contribution in [0, 0.1) is 0 Å². The summed E-state index contributed by atoms with van der Waals surface area (Å²) in [5.41, 5.74) is 7.86. The number of carbonyl (C=O) groups excluding carboxylic acids is 1. The number of nitrogens with zero attached hydrogens (tertiary/aromatic N) is 2. The first-order valence-electron chi connectivity index (χ1n) is 7.49. The molecule has 1 unspecified atom stereocenters. The van der Waals surface area contributed by atoms with E-state index in [4.69, 9.17) is 5.73 Å². The van der Waals surface area contributed by atoms with Crippen LogP contribution in [-0.4, -0.2) is 34.9 Å². The largest absolute Gasteiger partial charge is 0.397 e. The van der Waals surface area contributed by atoms with Gasteiger partial charge in [-0.1, -0.05) is 30.3 Å². The lowest BCUT2D eigenvalue weighted by Crippen LogP contribution is -2.37. The van der Waals surface area contributed by atoms with E-state index in [1.54, 1.807) is 12.1 Å². The third-order valence-electron chi connectivity index (χ3n) is 3.88. The van der Waals surface area contributed by atoms with E-state index in [1.807, 2.05) is 6.07 Å². The molecule has 1 aromatic carbocycles. The number of anilines is 1. The van der Waals surface area contributed by atoms with Crippen LogP contribution in [0.1, 0.15) is 22.5 Å². The number of nitrogens with one attached hydrogen (secondary N) is 1. The summed E-state index contributed by atoms with van der Waals surface area (Å²) in [4.78, 5) is 18.6. The molecule has 22 heavy (non-hydrogen) atoms. The van der Waals surface area contributed by atoms with Crippen LogP contribution in [0.4, 0.5) is 5.69 Å². The number of hydrogen-bond donors (Lipinski definition) is 2. The second kappa shape index (κ2) is 6.58. The van der Waals surface area contributed by atoms with Crippen molar-refractivity contribution in [1.29, 1.82) is 0 Å². The number of carbonyl (C=O) groups is 1. The summed E-state index contributed by atoms with van der Waals surface area (Å²) < 4.78 is 0. The fourth-order valence-electron chi connectivity index (χ4n) is 2.73. The van der Waals surface area contributed by atoms with Crippen molar-refractivity contribution < 1.29 is 4.79 Å². The average molecular weight is 296 g/mol. The molecule has 0 bridgehead atoms. The summed E-state index contributed by atoms with van der Waals surface area (Å²) in [7, 11) is 0. The first-order valence-corrected chi connectivity index (χ1v) is 7.49. The first-order chi connectivity index (χ1) is 10.7. The van der Waals surface area contributed by atoms with Crippen molar-refractivity contribution in [3.05, 3.63) is 59.9 Å². The zero-order chi connectivity index (χ0) is 15.4. The van der Waals surface area contributed by atoms with Crippen molar-refractivity contribution in [2.45, 2.75) is 19.0 Å². The van der Waals surface area contributed by atoms with Gasteiger partial charge >= 0.3 is 0 Å². The molecule has 114 valence electrons. The van der Waals surface area contributed by atoms with Crippen LogP contribution in [0.5, 0.6) is 0 Å². The van der Waals surface area contributed by atoms with Crippen molar-refractivity contribution in [2.24, 2.45) is 0 Å². The van der Waals surface area contributed by atoms with Gasteiger partial charge in [-0.2, -0.15) is 0 Å². The molecule has 1 aliphatic heterocycles. The number of likely N-dealkylation sites (tertiary alicyclic amines) is 1. The lowest BCUT2D eigenvalue weighted by atomic mass is 10.2. The van der Waals surface area contributed by atoms with Gasteiger partial charge < -0.3 is 11.1 Å². The predicted molar refractivity (Wildman–Crippen MR) is 86.2 cm³/mol. The molecule has 5 heteroatoms. The van der Waals surface area contributed by atoms with Gasteiger partial charge in [-0.3, -0.25) is 9.69 Å². The monoisotopic (exact) mass is 296 g/mol. The summed E-state index contributed by atoms with van der Waals surface area (Å²) in [5, 5.41) is 3.05. The maximum Gasteiger partial charge on any atom is 0.270 e. The highest BCUT2D eigenvalue weighted by Gasteiger charge is 2.24. The van der Waals surface area contributed by atoms with Crippen molar-refractivity contribution in [1.82, 2.24) is 15.2 Å². The van der Waals surface area contributed by atoms with Gasteiger partial charge in [-0.15, -0.1) is 0 Å². The van der Waals surface area contributed by atoms with Crippen LogP contribution < -0.4 is 11.1 Å². The number of nitrogen functional groups attached to an aromatic ring is 1. The molecule has 1 atom stereocenters. The minimum atomic E-state index is -0.133. The van der Waals surface area contributed by atoms with Crippen LogP contribution in [0.25, 0.3) is 0 Å². The molecule has 2 heterocycles. The smallest absolute Gasteiger partial charge is 0.270 e. The fraction of sp³-hybridized carbons (Fsp3) is 0.294. The maximum atomic E-state index is 12.1. The topological polar surface area (TPSA) is 71.2 Å². The van der Waals surface area contributed by atoms with Crippen LogP contribution >= 0.6 is 0 Å². The zero-order valence-electron chi connectivity index (χ0n) is 12.4. The summed E-state index contributed by atoms with van der Waals surface area (Å²) in [6.07, 6.45) is 2.47. The van der Waals surface area contributed by atoms with Crippen molar-refractivity contribution in [3.8, 4) is 0 Å². The van der Waals surface area contributed by atoms with E-state index in [1.165, 1.54) is 11.8 Å². The number of hydrogen-bond acceptors (Lipinski definition) is 4. The third-order valence-corrected chi connectivity index (χ3v) is 3.88. The van der Waals surface area contributed by atoms with Crippen LogP contribution in [0.2, 0.25) is 0 Å². The van der Waals surface area contributed by atoms with Gasteiger partial charge in [0.05, 0.1) is 11.9 Å². The molecule has 3 N–H and O–H groups in total. The predicted octanol–water partition coefficient (Wildman–Crippen LogP) is 1.67. The summed E-state index contributed by atoms with van der Waals surface area (Å²) in [5.74, 6) is -0.133. The van der Waals surface area contributed by atoms with E-state index in [9.17, 15) is 4.79 Å². The maximum absolute atomic E-state index is 12.1. The Kier molecular flexibility index (Phi) is 4.34. The zero-order valence-corrected chi connectivity index (χ0v) is 12.4. The summed E-state index contributed by atoms with van der Waals surface area (Å²) in [6, 6.07) is 13.9. The van der Waals surface area contributed by atoms with Gasteiger partial charge in [0.2, 0.25) is 0 Å². The molecule has 0 spiro atoms. The van der Waals surface area contributed by atoms with Crippen molar-refractivity contribution in [3.63, 3.8) is 0 Å². The van der Waals surface area contributed by atoms with E-state index in [0.29, 0.717) is 11.4 Å². The van der Waals surface area contributed by atoms with Crippen LogP contribution in [0.15, 0.2) is 48.7 Å². The molecular weight excluding hydrogens is 276 g/mol. The number of pyridine rings is 1. The molecule has 1 aliphatic rings. The molecule has 5 nitrogen and oxygen atoms in total. The highest BCUT2D eigenvalue weighted by Crippen LogP contribution is 2.14. The van der Waals surface area contributed by atoms with Crippen molar-refractivity contribution in [2.75, 3.05) is 18.8 Å². The molecule has 1 aromatic heterocycles. The van der Waals surface area contributed by atoms with Gasteiger partial charge in [-0.25, -0.2) is 4.98 Å². The normalized spacial score (nSPS) is 18.3. The molecule has 1 amide bonds. The van der Waals surface area contributed by atoms with Crippen molar-refractivity contribution >= 4 is 11.6 Å². The van der Waals surface area contributed by atoms with Gasteiger partial charge in [0.15, 0.2) is 0 Å². The lowest BCUT2D eigenvalue weighted by Gasteiger charge is -2.16. The Morgan fingerprint density at radius 1 is 1.27 bits per heavy atom. The molecule has 3 rings (SSSR count). The van der Waals surface area contributed by atoms with E-state index < -0.39 is 0 Å². The molecule has 0 aliphatic carbocycles. The van der Waals surface area contributed by atoms with Gasteiger partial charge in [0, 0.05) is 25.7 Å². The Bertz CT molecular complexity index is 627.